The molecule has 2 nitrogen and oxygen atoms in total. The van der Waals surface area contributed by atoms with E-state index < -0.39 is 40.2 Å². The minimum Gasteiger partial charge on any atom is -0.236 e. The van der Waals surface area contributed by atoms with Gasteiger partial charge >= 0.3 is 0 Å². The number of rotatable bonds is 7. The largest absolute Gasteiger partial charge is 0.236 e. The molecule has 0 aliphatic carbocycles. The standard InChI is InChI=1S/C27H20ClF5N2/c1-2-3-4-5-15-13-34-27(35-14-15)18-11-23(32)26(24(33)12-18)17-9-21(30)25(22(31)10-17)16-6-7-19(28)20(29)8-16/h6-14H,2-5H2,1H3. The summed E-state index contributed by atoms with van der Waals surface area (Å²) in [6, 6.07) is 6.93. The maximum atomic E-state index is 14.9. The Hall–Kier alpha value is -3.32. The Balaban J connectivity index is 1.66. The van der Waals surface area contributed by atoms with Crippen LogP contribution < -0.4 is 0 Å². The quantitative estimate of drug-likeness (QED) is 0.187. The van der Waals surface area contributed by atoms with Crippen molar-refractivity contribution in [1.29, 1.82) is 0 Å². The molecular formula is C27H20ClF5N2. The molecule has 0 unspecified atom stereocenters. The maximum Gasteiger partial charge on any atom is 0.159 e. The van der Waals surface area contributed by atoms with Crippen LogP contribution in [0.25, 0.3) is 33.6 Å². The molecule has 0 N–H and O–H groups in total. The summed E-state index contributed by atoms with van der Waals surface area (Å²) in [5.74, 6) is -4.99. The van der Waals surface area contributed by atoms with Gasteiger partial charge in [-0.3, -0.25) is 0 Å². The Morgan fingerprint density at radius 2 is 1.17 bits per heavy atom. The van der Waals surface area contributed by atoms with Crippen molar-refractivity contribution in [3.8, 4) is 33.6 Å². The lowest BCUT2D eigenvalue weighted by Crippen LogP contribution is -1.98. The van der Waals surface area contributed by atoms with E-state index in [2.05, 4.69) is 16.9 Å². The number of aryl methyl sites for hydroxylation is 1. The molecule has 4 aromatic rings. The summed E-state index contributed by atoms with van der Waals surface area (Å²) in [6.07, 6.45) is 7.20. The van der Waals surface area contributed by atoms with Crippen LogP contribution >= 0.6 is 11.6 Å². The van der Waals surface area contributed by atoms with Crippen LogP contribution in [0.5, 0.6) is 0 Å². The summed E-state index contributed by atoms with van der Waals surface area (Å²) in [5.41, 5.74) is -0.554. The topological polar surface area (TPSA) is 25.8 Å². The molecule has 1 aromatic heterocycles. The van der Waals surface area contributed by atoms with Gasteiger partial charge in [0.1, 0.15) is 29.1 Å². The zero-order chi connectivity index (χ0) is 25.1. The van der Waals surface area contributed by atoms with Crippen LogP contribution in [0.2, 0.25) is 5.02 Å². The number of hydrogen-bond donors (Lipinski definition) is 0. The molecule has 0 fully saturated rings. The van der Waals surface area contributed by atoms with Crippen molar-refractivity contribution in [1.82, 2.24) is 9.97 Å². The van der Waals surface area contributed by atoms with E-state index >= 15 is 0 Å². The number of nitrogens with zero attached hydrogens (tertiary/aromatic N) is 2. The molecule has 0 atom stereocenters. The minimum absolute atomic E-state index is 0.0954. The molecule has 4 rings (SSSR count). The second kappa shape index (κ2) is 10.5. The lowest BCUT2D eigenvalue weighted by Gasteiger charge is -2.12. The van der Waals surface area contributed by atoms with Gasteiger partial charge in [-0.2, -0.15) is 0 Å². The molecule has 35 heavy (non-hydrogen) atoms. The van der Waals surface area contributed by atoms with Crippen LogP contribution in [-0.2, 0) is 6.42 Å². The van der Waals surface area contributed by atoms with Crippen molar-refractivity contribution in [2.45, 2.75) is 32.6 Å². The Kier molecular flexibility index (Phi) is 7.45. The van der Waals surface area contributed by atoms with E-state index in [9.17, 15) is 22.0 Å². The molecule has 0 amide bonds. The third-order valence-corrected chi connectivity index (χ3v) is 5.92. The predicted octanol–water partition coefficient (Wildman–Crippen LogP) is 8.56. The second-order valence-electron chi connectivity index (χ2n) is 8.13. The highest BCUT2D eigenvalue weighted by Gasteiger charge is 2.20. The second-order valence-corrected chi connectivity index (χ2v) is 8.54. The minimum atomic E-state index is -1.11. The fourth-order valence-electron chi connectivity index (χ4n) is 3.83. The van der Waals surface area contributed by atoms with E-state index in [-0.39, 0.29) is 27.5 Å². The van der Waals surface area contributed by atoms with Crippen LogP contribution in [-0.4, -0.2) is 9.97 Å². The normalized spacial score (nSPS) is 11.2. The molecule has 0 bridgehead atoms. The van der Waals surface area contributed by atoms with Crippen LogP contribution in [0.3, 0.4) is 0 Å². The van der Waals surface area contributed by atoms with Crippen molar-refractivity contribution in [2.75, 3.05) is 0 Å². The van der Waals surface area contributed by atoms with Gasteiger partial charge in [-0.25, -0.2) is 31.9 Å². The zero-order valence-corrected chi connectivity index (χ0v) is 19.4. The van der Waals surface area contributed by atoms with E-state index in [4.69, 9.17) is 11.6 Å². The lowest BCUT2D eigenvalue weighted by molar-refractivity contribution is 0.581. The molecular weight excluding hydrogens is 483 g/mol. The third kappa shape index (κ3) is 5.35. The number of aromatic nitrogens is 2. The highest BCUT2D eigenvalue weighted by molar-refractivity contribution is 6.30. The van der Waals surface area contributed by atoms with E-state index in [0.717, 1.165) is 67.6 Å². The molecule has 3 aromatic carbocycles. The summed E-state index contributed by atoms with van der Waals surface area (Å²) in [5, 5.41) is -0.203. The first-order valence-corrected chi connectivity index (χ1v) is 11.4. The highest BCUT2D eigenvalue weighted by atomic mass is 35.5. The van der Waals surface area contributed by atoms with Gasteiger partial charge in [-0.1, -0.05) is 37.4 Å². The Bertz CT molecular complexity index is 1330. The summed E-state index contributed by atoms with van der Waals surface area (Å²) < 4.78 is 73.3. The SMILES string of the molecule is CCCCCc1cnc(-c2cc(F)c(-c3cc(F)c(-c4ccc(Cl)c(F)c4)c(F)c3)c(F)c2)nc1. The number of hydrogen-bond acceptors (Lipinski definition) is 2. The molecule has 0 radical (unpaired) electrons. The van der Waals surface area contributed by atoms with Crippen LogP contribution in [0.4, 0.5) is 22.0 Å². The summed E-state index contributed by atoms with van der Waals surface area (Å²) >= 11 is 5.62. The zero-order valence-electron chi connectivity index (χ0n) is 18.7. The summed E-state index contributed by atoms with van der Waals surface area (Å²) in [7, 11) is 0. The van der Waals surface area contributed by atoms with Gasteiger partial charge in [0.2, 0.25) is 0 Å². The van der Waals surface area contributed by atoms with Gasteiger partial charge in [-0.15, -0.1) is 0 Å². The van der Waals surface area contributed by atoms with Crippen molar-refractivity contribution < 1.29 is 22.0 Å². The number of halogens is 6. The highest BCUT2D eigenvalue weighted by Crippen LogP contribution is 2.35. The van der Waals surface area contributed by atoms with Crippen molar-refractivity contribution in [3.05, 3.63) is 94.5 Å². The maximum absolute atomic E-state index is 14.9. The first kappa shape index (κ1) is 24.8. The molecule has 0 spiro atoms. The van der Waals surface area contributed by atoms with Crippen LogP contribution in [0, 0.1) is 29.1 Å². The first-order chi connectivity index (χ1) is 16.8. The van der Waals surface area contributed by atoms with Gasteiger partial charge in [0.25, 0.3) is 0 Å². The Morgan fingerprint density at radius 3 is 1.71 bits per heavy atom. The van der Waals surface area contributed by atoms with E-state index in [1.807, 2.05) is 0 Å². The summed E-state index contributed by atoms with van der Waals surface area (Å²) in [6.45, 7) is 2.10. The van der Waals surface area contributed by atoms with Crippen LogP contribution in [0.15, 0.2) is 54.9 Å². The van der Waals surface area contributed by atoms with Gasteiger partial charge in [0.15, 0.2) is 5.82 Å². The van der Waals surface area contributed by atoms with Gasteiger partial charge < -0.3 is 0 Å². The van der Waals surface area contributed by atoms with Gasteiger partial charge in [-0.05, 0) is 65.9 Å². The Morgan fingerprint density at radius 1 is 0.657 bits per heavy atom. The predicted molar refractivity (Wildman–Crippen MR) is 126 cm³/mol. The van der Waals surface area contributed by atoms with Crippen molar-refractivity contribution in [3.63, 3.8) is 0 Å². The van der Waals surface area contributed by atoms with E-state index in [0.29, 0.717) is 0 Å². The average molecular weight is 503 g/mol. The molecule has 8 heteroatoms. The van der Waals surface area contributed by atoms with E-state index in [1.165, 1.54) is 6.07 Å². The monoisotopic (exact) mass is 502 g/mol. The fraction of sp³-hybridized carbons (Fsp3) is 0.185. The molecule has 180 valence electrons. The molecule has 0 saturated carbocycles. The lowest BCUT2D eigenvalue weighted by atomic mass is 9.97. The Labute approximate surface area is 204 Å². The van der Waals surface area contributed by atoms with Crippen molar-refractivity contribution >= 4 is 11.6 Å². The van der Waals surface area contributed by atoms with Gasteiger partial charge in [0.05, 0.1) is 16.1 Å². The number of unbranched alkanes of at least 4 members (excludes halogenated alkanes) is 2. The van der Waals surface area contributed by atoms with Gasteiger partial charge in [0, 0.05) is 18.0 Å². The van der Waals surface area contributed by atoms with Crippen molar-refractivity contribution in [2.24, 2.45) is 0 Å². The molecule has 0 aliphatic rings. The number of benzene rings is 3. The van der Waals surface area contributed by atoms with E-state index in [1.54, 1.807) is 12.4 Å². The average Bonchev–Trinajstić information content (AvgIpc) is 2.81. The summed E-state index contributed by atoms with van der Waals surface area (Å²) in [4.78, 5) is 8.39. The third-order valence-electron chi connectivity index (χ3n) is 5.61. The first-order valence-electron chi connectivity index (χ1n) is 11.0. The fourth-order valence-corrected chi connectivity index (χ4v) is 3.95. The molecule has 1 heterocycles. The smallest absolute Gasteiger partial charge is 0.159 e. The molecule has 0 saturated heterocycles. The van der Waals surface area contributed by atoms with Crippen LogP contribution in [0.1, 0.15) is 31.7 Å². The molecule has 0 aliphatic heterocycles.